The average molecular weight is 331 g/mol. The summed E-state index contributed by atoms with van der Waals surface area (Å²) in [6, 6.07) is 7.88. The van der Waals surface area contributed by atoms with Crippen LogP contribution in [0.2, 0.25) is 0 Å². The Morgan fingerprint density at radius 1 is 1.47 bits per heavy atom. The zero-order valence-corrected chi connectivity index (χ0v) is 12.4. The molecule has 0 fully saturated rings. The Kier molecular flexibility index (Phi) is 4.42. The van der Waals surface area contributed by atoms with E-state index in [0.717, 1.165) is 10.0 Å². The van der Waals surface area contributed by atoms with E-state index in [1.807, 2.05) is 18.4 Å². The van der Waals surface area contributed by atoms with Crippen molar-refractivity contribution in [1.29, 1.82) is 0 Å². The molecule has 1 aromatic carbocycles. The second-order valence-corrected chi connectivity index (χ2v) is 5.40. The van der Waals surface area contributed by atoms with Gasteiger partial charge in [-0.1, -0.05) is 22.0 Å². The molecule has 0 unspecified atom stereocenters. The van der Waals surface area contributed by atoms with Gasteiger partial charge in [-0.2, -0.15) is 0 Å². The number of ether oxygens (including phenoxy) is 1. The maximum absolute atomic E-state index is 5.61. The molecule has 1 heterocycles. The van der Waals surface area contributed by atoms with Crippen LogP contribution in [0, 0.1) is 0 Å². The summed E-state index contributed by atoms with van der Waals surface area (Å²) >= 11 is 9.29. The van der Waals surface area contributed by atoms with E-state index in [9.17, 15) is 0 Å². The van der Waals surface area contributed by atoms with Crippen LogP contribution >= 0.6 is 40.5 Å². The average Bonchev–Trinajstić information content (AvgIpc) is 2.73. The lowest BCUT2D eigenvalue weighted by atomic mass is 10.2. The number of thioether (sulfide) groups is 1. The van der Waals surface area contributed by atoms with Crippen LogP contribution in [0.25, 0.3) is 0 Å². The van der Waals surface area contributed by atoms with Crippen molar-refractivity contribution in [2.24, 2.45) is 0 Å². The van der Waals surface area contributed by atoms with Gasteiger partial charge in [0.1, 0.15) is 6.61 Å². The van der Waals surface area contributed by atoms with Gasteiger partial charge in [-0.3, -0.25) is 0 Å². The van der Waals surface area contributed by atoms with Crippen LogP contribution < -0.4 is 4.74 Å². The van der Waals surface area contributed by atoms with Crippen molar-refractivity contribution in [3.8, 4) is 5.88 Å². The van der Waals surface area contributed by atoms with E-state index in [-0.39, 0.29) is 0 Å². The molecule has 0 bridgehead atoms. The Balaban J connectivity index is 2.13. The third-order valence-corrected chi connectivity index (χ3v) is 4.00. The molecule has 0 aliphatic rings. The number of thiol groups is 1. The molecule has 6 heteroatoms. The summed E-state index contributed by atoms with van der Waals surface area (Å²) in [4.78, 5) is 1.20. The van der Waals surface area contributed by atoms with E-state index in [0.29, 0.717) is 12.5 Å². The van der Waals surface area contributed by atoms with E-state index < -0.39 is 0 Å². The third kappa shape index (κ3) is 3.20. The van der Waals surface area contributed by atoms with Crippen molar-refractivity contribution in [3.05, 3.63) is 40.5 Å². The van der Waals surface area contributed by atoms with Crippen molar-refractivity contribution >= 4 is 40.5 Å². The number of hydrogen-bond acceptors (Lipinski definition) is 4. The first-order valence-corrected chi connectivity index (χ1v) is 7.31. The van der Waals surface area contributed by atoms with Crippen LogP contribution in [-0.2, 0) is 6.61 Å². The predicted molar refractivity (Wildman–Crippen MR) is 76.9 cm³/mol. The van der Waals surface area contributed by atoms with Gasteiger partial charge in [0, 0.05) is 27.2 Å². The van der Waals surface area contributed by atoms with Crippen LogP contribution in [0.4, 0.5) is 0 Å². The smallest absolute Gasteiger partial charge is 0.234 e. The first-order valence-electron chi connectivity index (χ1n) is 4.90. The highest BCUT2D eigenvalue weighted by atomic mass is 79.9. The summed E-state index contributed by atoms with van der Waals surface area (Å²) in [7, 11) is 0. The zero-order chi connectivity index (χ0) is 12.3. The Labute approximate surface area is 118 Å². The van der Waals surface area contributed by atoms with Crippen molar-refractivity contribution < 1.29 is 4.74 Å². The fraction of sp³-hybridized carbons (Fsp3) is 0.182. The molecule has 0 saturated heterocycles. The maximum atomic E-state index is 5.61. The van der Waals surface area contributed by atoms with Gasteiger partial charge >= 0.3 is 0 Å². The molecule has 3 nitrogen and oxygen atoms in total. The number of hydrogen-bond donors (Lipinski definition) is 1. The monoisotopic (exact) mass is 330 g/mol. The summed E-state index contributed by atoms with van der Waals surface area (Å²) in [6.07, 6.45) is 3.78. The molecule has 0 spiro atoms. The Hall–Kier alpha value is -0.590. The molecule has 0 amide bonds. The number of nitrogens with zero attached hydrogens (tertiary/aromatic N) is 2. The first-order chi connectivity index (χ1) is 8.20. The highest BCUT2D eigenvalue weighted by molar-refractivity contribution is 9.10. The number of benzene rings is 1. The number of aromatic nitrogens is 2. The topological polar surface area (TPSA) is 27.1 Å². The molecule has 0 radical (unpaired) electrons. The van der Waals surface area contributed by atoms with Crippen molar-refractivity contribution in [3.63, 3.8) is 0 Å². The van der Waals surface area contributed by atoms with Crippen LogP contribution in [0.5, 0.6) is 5.88 Å². The van der Waals surface area contributed by atoms with Gasteiger partial charge in [-0.15, -0.1) is 16.9 Å². The van der Waals surface area contributed by atoms with Crippen molar-refractivity contribution in [1.82, 2.24) is 9.19 Å². The van der Waals surface area contributed by atoms with Gasteiger partial charge in [0.15, 0.2) is 0 Å². The van der Waals surface area contributed by atoms with E-state index in [2.05, 4.69) is 39.9 Å². The number of rotatable bonds is 4. The van der Waals surface area contributed by atoms with Gasteiger partial charge in [0.2, 0.25) is 5.88 Å². The van der Waals surface area contributed by atoms with Crippen LogP contribution in [0.1, 0.15) is 5.56 Å². The molecular weight excluding hydrogens is 320 g/mol. The Bertz CT molecular complexity index is 516. The summed E-state index contributed by atoms with van der Waals surface area (Å²) in [5, 5.41) is 4.05. The largest absolute Gasteiger partial charge is 0.472 e. The fourth-order valence-electron chi connectivity index (χ4n) is 1.39. The Morgan fingerprint density at radius 2 is 2.29 bits per heavy atom. The first kappa shape index (κ1) is 12.9. The molecule has 17 heavy (non-hydrogen) atoms. The van der Waals surface area contributed by atoms with E-state index in [4.69, 9.17) is 4.74 Å². The molecule has 2 aromatic rings. The van der Waals surface area contributed by atoms with Gasteiger partial charge in [0.05, 0.1) is 0 Å². The molecule has 0 saturated carbocycles. The lowest BCUT2D eigenvalue weighted by Gasteiger charge is -2.09. The minimum atomic E-state index is 0.488. The molecule has 1 aromatic heterocycles. The maximum Gasteiger partial charge on any atom is 0.234 e. The highest BCUT2D eigenvalue weighted by Gasteiger charge is 2.07. The minimum absolute atomic E-state index is 0.488. The Morgan fingerprint density at radius 3 is 2.94 bits per heavy atom. The lowest BCUT2D eigenvalue weighted by molar-refractivity contribution is 0.289. The summed E-state index contributed by atoms with van der Waals surface area (Å²) in [5.74, 6) is 0.572. The van der Waals surface area contributed by atoms with Crippen molar-refractivity contribution in [2.45, 2.75) is 11.5 Å². The minimum Gasteiger partial charge on any atom is -0.472 e. The van der Waals surface area contributed by atoms with Gasteiger partial charge in [-0.25, -0.2) is 4.09 Å². The van der Waals surface area contributed by atoms with Crippen LogP contribution in [0.15, 0.2) is 39.8 Å². The molecule has 0 aliphatic carbocycles. The number of halogens is 1. The summed E-state index contributed by atoms with van der Waals surface area (Å²) in [6.45, 7) is 0.488. The van der Waals surface area contributed by atoms with E-state index >= 15 is 0 Å². The lowest BCUT2D eigenvalue weighted by Crippen LogP contribution is -1.99. The standard InChI is InChI=1S/C11H11BrN2OS2/c1-17-10-4-2-3-9(12)8(10)7-15-11-5-6-14(16)13-11/h2-6,16H,7H2,1H3. The third-order valence-electron chi connectivity index (χ3n) is 2.21. The predicted octanol–water partition coefficient (Wildman–Crippen LogP) is 3.64. The van der Waals surface area contributed by atoms with Gasteiger partial charge in [-0.05, 0) is 31.2 Å². The van der Waals surface area contributed by atoms with E-state index in [1.165, 1.54) is 8.98 Å². The zero-order valence-electron chi connectivity index (χ0n) is 9.13. The molecule has 0 atom stereocenters. The van der Waals surface area contributed by atoms with Crippen LogP contribution in [0.3, 0.4) is 0 Å². The van der Waals surface area contributed by atoms with E-state index in [1.54, 1.807) is 24.0 Å². The summed E-state index contributed by atoms with van der Waals surface area (Å²) in [5.41, 5.74) is 1.13. The summed E-state index contributed by atoms with van der Waals surface area (Å²) < 4.78 is 8.08. The highest BCUT2D eigenvalue weighted by Crippen LogP contribution is 2.28. The van der Waals surface area contributed by atoms with Gasteiger partial charge in [0.25, 0.3) is 0 Å². The molecule has 2 rings (SSSR count). The van der Waals surface area contributed by atoms with Crippen molar-refractivity contribution in [2.75, 3.05) is 6.26 Å². The quantitative estimate of drug-likeness (QED) is 0.685. The second kappa shape index (κ2) is 5.84. The molecule has 0 N–H and O–H groups in total. The normalized spacial score (nSPS) is 10.5. The molecule has 0 aliphatic heterocycles. The van der Waals surface area contributed by atoms with Gasteiger partial charge < -0.3 is 4.74 Å². The second-order valence-electron chi connectivity index (χ2n) is 3.28. The van der Waals surface area contributed by atoms with Crippen LogP contribution in [-0.4, -0.2) is 15.4 Å². The molecule has 90 valence electrons. The fourth-order valence-corrected chi connectivity index (χ4v) is 2.79. The SMILES string of the molecule is CSc1cccc(Br)c1COc1ccn(S)n1. The molecular formula is C11H11BrN2OS2.